The van der Waals surface area contributed by atoms with Gasteiger partial charge < -0.3 is 21.1 Å². The van der Waals surface area contributed by atoms with Gasteiger partial charge in [0.1, 0.15) is 11.9 Å². The second-order valence-corrected chi connectivity index (χ2v) is 6.08. The predicted octanol–water partition coefficient (Wildman–Crippen LogP) is -0.0675. The number of hydrogen-bond donors (Lipinski definition) is 3. The van der Waals surface area contributed by atoms with Crippen molar-refractivity contribution in [2.24, 2.45) is 5.73 Å². The number of benzene rings is 1. The van der Waals surface area contributed by atoms with E-state index in [1.807, 2.05) is 0 Å². The Kier molecular flexibility index (Phi) is 5.10. The molecule has 1 aliphatic heterocycles. The van der Waals surface area contributed by atoms with Crippen LogP contribution in [0.25, 0.3) is 0 Å². The molecule has 24 heavy (non-hydrogen) atoms. The zero-order valence-corrected chi connectivity index (χ0v) is 13.6. The van der Waals surface area contributed by atoms with Crippen LogP contribution in [0.2, 0.25) is 5.02 Å². The lowest BCUT2D eigenvalue weighted by Crippen LogP contribution is -2.54. The number of carbonyl (C=O) groups excluding carboxylic acids is 3. The molecule has 0 spiro atoms. The lowest BCUT2D eigenvalue weighted by Gasteiger charge is -2.24. The standard InChI is InChI=1S/C15H17ClFN3O4/c1-8(12(18)21)20-3-2-15(24,14(20)23)13(22)19-7-9-4-10(16)6-11(17)5-9/h4-6,8,24H,2-3,7H2,1H3,(H2,18,21)(H,19,22)/t8-,15?/m0/s1. The summed E-state index contributed by atoms with van der Waals surface area (Å²) in [4.78, 5) is 36.7. The first kappa shape index (κ1) is 18.2. The van der Waals surface area contributed by atoms with E-state index in [4.69, 9.17) is 17.3 Å². The summed E-state index contributed by atoms with van der Waals surface area (Å²) >= 11 is 5.72. The number of nitrogens with one attached hydrogen (secondary N) is 1. The van der Waals surface area contributed by atoms with Crippen LogP contribution < -0.4 is 11.1 Å². The van der Waals surface area contributed by atoms with Gasteiger partial charge in [0, 0.05) is 24.5 Å². The minimum absolute atomic E-state index is 0.0264. The van der Waals surface area contributed by atoms with Gasteiger partial charge in [0.25, 0.3) is 11.8 Å². The number of likely N-dealkylation sites (tertiary alicyclic amines) is 1. The molecule has 1 aliphatic rings. The third-order valence-electron chi connectivity index (χ3n) is 3.96. The number of halogens is 2. The molecule has 0 saturated carbocycles. The fraction of sp³-hybridized carbons (Fsp3) is 0.400. The van der Waals surface area contributed by atoms with Crippen LogP contribution in [0.1, 0.15) is 18.9 Å². The molecule has 0 radical (unpaired) electrons. The number of aliphatic hydroxyl groups is 1. The summed E-state index contributed by atoms with van der Waals surface area (Å²) in [7, 11) is 0. The zero-order chi connectivity index (χ0) is 18.1. The van der Waals surface area contributed by atoms with Crippen molar-refractivity contribution >= 4 is 29.3 Å². The van der Waals surface area contributed by atoms with Gasteiger partial charge in [-0.1, -0.05) is 11.6 Å². The maximum Gasteiger partial charge on any atom is 0.265 e. The lowest BCUT2D eigenvalue weighted by atomic mass is 10.0. The molecule has 9 heteroatoms. The highest BCUT2D eigenvalue weighted by Gasteiger charge is 2.52. The maximum absolute atomic E-state index is 13.3. The number of nitrogens with two attached hydrogens (primary N) is 1. The van der Waals surface area contributed by atoms with Crippen molar-refractivity contribution in [3.05, 3.63) is 34.6 Å². The molecule has 0 aliphatic carbocycles. The number of amides is 3. The minimum Gasteiger partial charge on any atom is -0.372 e. The van der Waals surface area contributed by atoms with Crippen LogP contribution in [0, 0.1) is 5.82 Å². The highest BCUT2D eigenvalue weighted by atomic mass is 35.5. The monoisotopic (exact) mass is 357 g/mol. The molecule has 0 aromatic heterocycles. The molecule has 2 rings (SSSR count). The van der Waals surface area contributed by atoms with E-state index in [9.17, 15) is 23.9 Å². The molecule has 1 heterocycles. The molecule has 1 aromatic carbocycles. The van der Waals surface area contributed by atoms with Gasteiger partial charge in [-0.15, -0.1) is 0 Å². The number of nitrogens with zero attached hydrogens (tertiary/aromatic N) is 1. The van der Waals surface area contributed by atoms with Gasteiger partial charge in [-0.2, -0.15) is 0 Å². The largest absolute Gasteiger partial charge is 0.372 e. The SMILES string of the molecule is C[C@@H](C(N)=O)N1CCC(O)(C(=O)NCc2cc(F)cc(Cl)c2)C1=O. The summed E-state index contributed by atoms with van der Waals surface area (Å²) in [6.07, 6.45) is -0.167. The summed E-state index contributed by atoms with van der Waals surface area (Å²) < 4.78 is 13.3. The summed E-state index contributed by atoms with van der Waals surface area (Å²) in [5, 5.41) is 12.9. The molecule has 1 unspecified atom stereocenters. The molecule has 7 nitrogen and oxygen atoms in total. The van der Waals surface area contributed by atoms with E-state index >= 15 is 0 Å². The molecular weight excluding hydrogens is 341 g/mol. The van der Waals surface area contributed by atoms with Crippen LogP contribution >= 0.6 is 11.6 Å². The van der Waals surface area contributed by atoms with Gasteiger partial charge in [0.15, 0.2) is 0 Å². The van der Waals surface area contributed by atoms with Gasteiger partial charge in [-0.3, -0.25) is 14.4 Å². The summed E-state index contributed by atoms with van der Waals surface area (Å²) in [6, 6.07) is 2.81. The van der Waals surface area contributed by atoms with Crippen molar-refractivity contribution in [2.45, 2.75) is 31.5 Å². The predicted molar refractivity (Wildman–Crippen MR) is 83.2 cm³/mol. The fourth-order valence-corrected chi connectivity index (χ4v) is 2.75. The van der Waals surface area contributed by atoms with Crippen LogP contribution in [-0.4, -0.2) is 45.9 Å². The summed E-state index contributed by atoms with van der Waals surface area (Å²) in [6.45, 7) is 1.33. The van der Waals surface area contributed by atoms with Gasteiger partial charge >= 0.3 is 0 Å². The number of hydrogen-bond acceptors (Lipinski definition) is 4. The molecule has 4 N–H and O–H groups in total. The Morgan fingerprint density at radius 3 is 2.75 bits per heavy atom. The minimum atomic E-state index is -2.28. The average molecular weight is 358 g/mol. The molecule has 130 valence electrons. The Morgan fingerprint density at radius 1 is 1.50 bits per heavy atom. The highest BCUT2D eigenvalue weighted by molar-refractivity contribution is 6.30. The van der Waals surface area contributed by atoms with Crippen molar-refractivity contribution in [1.82, 2.24) is 10.2 Å². The number of carbonyl (C=O) groups is 3. The number of primary amides is 1. The summed E-state index contributed by atoms with van der Waals surface area (Å²) in [5.74, 6) is -3.11. The lowest BCUT2D eigenvalue weighted by molar-refractivity contribution is -0.156. The average Bonchev–Trinajstić information content (AvgIpc) is 2.80. The highest BCUT2D eigenvalue weighted by Crippen LogP contribution is 2.25. The van der Waals surface area contributed by atoms with Gasteiger partial charge in [-0.25, -0.2) is 4.39 Å². The third-order valence-corrected chi connectivity index (χ3v) is 4.18. The van der Waals surface area contributed by atoms with Gasteiger partial charge in [0.05, 0.1) is 0 Å². The molecule has 3 amide bonds. The van der Waals surface area contributed by atoms with Crippen LogP contribution in [0.15, 0.2) is 18.2 Å². The van der Waals surface area contributed by atoms with E-state index < -0.39 is 35.2 Å². The molecule has 1 aromatic rings. The van der Waals surface area contributed by atoms with E-state index in [0.717, 1.165) is 11.0 Å². The smallest absolute Gasteiger partial charge is 0.265 e. The number of rotatable bonds is 5. The van der Waals surface area contributed by atoms with E-state index in [1.165, 1.54) is 19.1 Å². The second kappa shape index (κ2) is 6.74. The molecule has 1 fully saturated rings. The van der Waals surface area contributed by atoms with Gasteiger partial charge in [-0.05, 0) is 30.7 Å². The van der Waals surface area contributed by atoms with E-state index in [-0.39, 0.29) is 24.5 Å². The quantitative estimate of drug-likeness (QED) is 0.640. The Bertz CT molecular complexity index is 679. The molecular formula is C15H17ClFN3O4. The van der Waals surface area contributed by atoms with Crippen LogP contribution in [0.3, 0.4) is 0 Å². The van der Waals surface area contributed by atoms with Crippen molar-refractivity contribution in [2.75, 3.05) is 6.54 Å². The molecule has 1 saturated heterocycles. The zero-order valence-electron chi connectivity index (χ0n) is 12.9. The van der Waals surface area contributed by atoms with Crippen molar-refractivity contribution in [3.8, 4) is 0 Å². The van der Waals surface area contributed by atoms with E-state index in [1.54, 1.807) is 0 Å². The van der Waals surface area contributed by atoms with Crippen molar-refractivity contribution < 1.29 is 23.9 Å². The Morgan fingerprint density at radius 2 is 2.17 bits per heavy atom. The normalized spacial score (nSPS) is 21.7. The van der Waals surface area contributed by atoms with E-state index in [2.05, 4.69) is 5.32 Å². The fourth-order valence-electron chi connectivity index (χ4n) is 2.50. The maximum atomic E-state index is 13.3. The Hall–Kier alpha value is -2.19. The second-order valence-electron chi connectivity index (χ2n) is 5.65. The first-order valence-electron chi connectivity index (χ1n) is 7.21. The Balaban J connectivity index is 2.06. The topological polar surface area (TPSA) is 113 Å². The van der Waals surface area contributed by atoms with Gasteiger partial charge in [0.2, 0.25) is 11.5 Å². The third kappa shape index (κ3) is 3.49. The molecule has 2 atom stereocenters. The van der Waals surface area contributed by atoms with Crippen molar-refractivity contribution in [3.63, 3.8) is 0 Å². The van der Waals surface area contributed by atoms with E-state index in [0.29, 0.717) is 5.56 Å². The van der Waals surface area contributed by atoms with Crippen LogP contribution in [-0.2, 0) is 20.9 Å². The summed E-state index contributed by atoms with van der Waals surface area (Å²) in [5.41, 5.74) is 3.25. The van der Waals surface area contributed by atoms with Crippen molar-refractivity contribution in [1.29, 1.82) is 0 Å². The van der Waals surface area contributed by atoms with Crippen LogP contribution in [0.4, 0.5) is 4.39 Å². The van der Waals surface area contributed by atoms with Crippen LogP contribution in [0.5, 0.6) is 0 Å². The Labute approximate surface area is 142 Å². The first-order chi connectivity index (χ1) is 11.1. The first-order valence-corrected chi connectivity index (χ1v) is 7.59. The molecule has 0 bridgehead atoms.